The van der Waals surface area contributed by atoms with Gasteiger partial charge in [-0.25, -0.2) is 24.3 Å². The van der Waals surface area contributed by atoms with Gasteiger partial charge < -0.3 is 25.1 Å². The number of hydrogen-bond acceptors (Lipinski definition) is 13. The molecule has 4 aromatic heterocycles. The Labute approximate surface area is 382 Å². The molecule has 0 radical (unpaired) electrons. The number of allylic oxidation sites excluding steroid dienone is 2. The highest BCUT2D eigenvalue weighted by atomic mass is 16.3. The summed E-state index contributed by atoms with van der Waals surface area (Å²) in [4.78, 5) is 79.2. The summed E-state index contributed by atoms with van der Waals surface area (Å²) in [7, 11) is 0. The monoisotopic (exact) mass is 892 g/mol. The molecule has 6 aliphatic rings. The van der Waals surface area contributed by atoms with Crippen LogP contribution in [0.2, 0.25) is 0 Å². The molecule has 3 amide bonds. The number of carbonyl (C=O) groups excluding carboxylic acids is 3. The molecule has 9 heterocycles. The minimum Gasteiger partial charge on any atom is -0.384 e. The minimum atomic E-state index is -1.12. The molecule has 17 heteroatoms. The van der Waals surface area contributed by atoms with Gasteiger partial charge in [0.15, 0.2) is 11.5 Å². The van der Waals surface area contributed by atoms with Gasteiger partial charge in [-0.1, -0.05) is 18.2 Å². The molecule has 4 fully saturated rings. The van der Waals surface area contributed by atoms with Crippen LogP contribution in [0.1, 0.15) is 92.9 Å². The lowest BCUT2D eigenvalue weighted by Crippen LogP contribution is -2.52. The van der Waals surface area contributed by atoms with Gasteiger partial charge in [0.25, 0.3) is 11.5 Å². The molecule has 1 aromatic carbocycles. The Kier molecular flexibility index (Phi) is 10.7. The highest BCUT2D eigenvalue weighted by Crippen LogP contribution is 2.46. The number of nitrogens with zero attached hydrogens (tertiary/aromatic N) is 10. The van der Waals surface area contributed by atoms with Crippen LogP contribution in [0.15, 0.2) is 77.7 Å². The van der Waals surface area contributed by atoms with E-state index in [-0.39, 0.29) is 23.8 Å². The first-order valence-corrected chi connectivity index (χ1v) is 23.6. The van der Waals surface area contributed by atoms with E-state index in [2.05, 4.69) is 42.5 Å². The van der Waals surface area contributed by atoms with Crippen LogP contribution >= 0.6 is 0 Å². The molecule has 2 bridgehead atoms. The highest BCUT2D eigenvalue weighted by molar-refractivity contribution is 6.05. The van der Waals surface area contributed by atoms with E-state index >= 15 is 0 Å². The summed E-state index contributed by atoms with van der Waals surface area (Å²) in [6, 6.07) is 17.7. The molecule has 1 saturated carbocycles. The number of rotatable bonds is 6. The van der Waals surface area contributed by atoms with Crippen molar-refractivity contribution >= 4 is 51.9 Å². The van der Waals surface area contributed by atoms with Crippen molar-refractivity contribution in [1.29, 1.82) is 0 Å². The zero-order valence-corrected chi connectivity index (χ0v) is 37.4. The number of imide groups is 1. The molecule has 3 N–H and O–H groups in total. The molecule has 1 aliphatic carbocycles. The number of amides is 3. The smallest absolute Gasteiger partial charge is 0.278 e. The van der Waals surface area contributed by atoms with Gasteiger partial charge in [0.05, 0.1) is 30.0 Å². The summed E-state index contributed by atoms with van der Waals surface area (Å²) in [6.07, 6.45) is 14.5. The van der Waals surface area contributed by atoms with Crippen molar-refractivity contribution < 1.29 is 19.5 Å². The first-order chi connectivity index (χ1) is 32.0. The van der Waals surface area contributed by atoms with Crippen LogP contribution in [0.4, 0.5) is 23.1 Å². The maximum absolute atomic E-state index is 13.6. The van der Waals surface area contributed by atoms with Crippen molar-refractivity contribution in [2.24, 2.45) is 5.41 Å². The maximum atomic E-state index is 13.6. The SMILES string of the molecule is C[C@@]1(O)CC/C=C\Cn2c(=O)c3cnc(Nc4ccc(N5CCN(C6CCC7(CC6)CCN(c6ccc8c(n6)CN(C6CCC(=O)NC6=O)C8=O)CC7)CC5)cc4)nc3n2-c2cccc1n2. The Bertz CT molecular complexity index is 2790. The largest absolute Gasteiger partial charge is 0.384 e. The lowest BCUT2D eigenvalue weighted by Gasteiger charge is -2.49. The predicted molar refractivity (Wildman–Crippen MR) is 249 cm³/mol. The summed E-state index contributed by atoms with van der Waals surface area (Å²) in [5.41, 5.74) is 3.32. The van der Waals surface area contributed by atoms with Crippen molar-refractivity contribution in [3.63, 3.8) is 0 Å². The minimum absolute atomic E-state index is 0.186. The lowest BCUT2D eigenvalue weighted by atomic mass is 9.66. The second kappa shape index (κ2) is 16.8. The molecule has 66 heavy (non-hydrogen) atoms. The predicted octanol–water partition coefficient (Wildman–Crippen LogP) is 4.79. The fourth-order valence-corrected chi connectivity index (χ4v) is 11.2. The third kappa shape index (κ3) is 7.80. The molecule has 2 atom stereocenters. The number of aromatic nitrogens is 6. The number of benzene rings is 1. The van der Waals surface area contributed by atoms with Crippen LogP contribution in [0.25, 0.3) is 16.9 Å². The summed E-state index contributed by atoms with van der Waals surface area (Å²) in [5.74, 6) is 0.900. The van der Waals surface area contributed by atoms with E-state index in [1.54, 1.807) is 27.4 Å². The van der Waals surface area contributed by atoms with E-state index in [4.69, 9.17) is 15.0 Å². The Morgan fingerprint density at radius 3 is 2.35 bits per heavy atom. The van der Waals surface area contributed by atoms with Gasteiger partial charge in [-0.3, -0.25) is 29.4 Å². The van der Waals surface area contributed by atoms with Gasteiger partial charge in [-0.2, -0.15) is 4.98 Å². The van der Waals surface area contributed by atoms with E-state index < -0.39 is 17.6 Å². The van der Waals surface area contributed by atoms with E-state index in [1.807, 2.05) is 54.6 Å². The number of piperazine rings is 1. The van der Waals surface area contributed by atoms with Crippen molar-refractivity contribution in [2.45, 2.75) is 102 Å². The molecule has 5 aliphatic heterocycles. The molecule has 342 valence electrons. The zero-order chi connectivity index (χ0) is 45.2. The standard InChI is InChI=1S/C49H56N12O5/c1-48(66)18-3-2-4-23-60-46(65)36-30-50-47(55-43(36)61(60)41-7-5-6-39(48)53-41)51-32-8-10-33(11-9-32)56-26-28-57(29-27-56)34-16-19-49(20-17-34)21-24-58(25-22-49)40-14-12-35-37(52-40)31-59(45(35)64)38-13-15-42(62)54-44(38)63/h2,4-12,14,30,34,38,66H,3,13,15-29,31H2,1H3,(H,50,51,55)(H,54,62,63)/b4-2-/t38?,48-/m1/s1. The van der Waals surface area contributed by atoms with Gasteiger partial charge in [-0.15, -0.1) is 0 Å². The third-order valence-corrected chi connectivity index (χ3v) is 15.3. The van der Waals surface area contributed by atoms with E-state index in [9.17, 15) is 24.3 Å². The van der Waals surface area contributed by atoms with Gasteiger partial charge >= 0.3 is 0 Å². The zero-order valence-electron chi connectivity index (χ0n) is 37.4. The Morgan fingerprint density at radius 1 is 0.788 bits per heavy atom. The first kappa shape index (κ1) is 42.2. The molecule has 1 spiro atoms. The van der Waals surface area contributed by atoms with Crippen molar-refractivity contribution in [2.75, 3.05) is 54.4 Å². The number of carbonyl (C=O) groups is 3. The quantitative estimate of drug-likeness (QED) is 0.156. The fourth-order valence-electron chi connectivity index (χ4n) is 11.2. The van der Waals surface area contributed by atoms with Crippen LogP contribution in [0.3, 0.4) is 0 Å². The van der Waals surface area contributed by atoms with Crippen molar-refractivity contribution in [3.05, 3.63) is 100 Å². The van der Waals surface area contributed by atoms with Crippen LogP contribution in [0.5, 0.6) is 0 Å². The Hall–Kier alpha value is -6.46. The summed E-state index contributed by atoms with van der Waals surface area (Å²) in [5, 5.41) is 17.3. The molecule has 17 nitrogen and oxygen atoms in total. The van der Waals surface area contributed by atoms with Crippen LogP contribution in [-0.2, 0) is 28.3 Å². The fraction of sp³-hybridized carbons (Fsp3) is 0.469. The first-order valence-electron chi connectivity index (χ1n) is 23.6. The molecule has 5 aromatic rings. The molecule has 1 unspecified atom stereocenters. The number of aliphatic hydroxyl groups is 1. The van der Waals surface area contributed by atoms with Crippen LogP contribution in [0, 0.1) is 5.41 Å². The molecular formula is C49H56N12O5. The van der Waals surface area contributed by atoms with E-state index in [1.165, 1.54) is 31.4 Å². The van der Waals surface area contributed by atoms with E-state index in [0.717, 1.165) is 63.6 Å². The number of piperidine rings is 2. The van der Waals surface area contributed by atoms with Crippen molar-refractivity contribution in [3.8, 4) is 5.82 Å². The van der Waals surface area contributed by atoms with E-state index in [0.29, 0.717) is 83.6 Å². The summed E-state index contributed by atoms with van der Waals surface area (Å²) in [6.45, 7) is 8.33. The average molecular weight is 893 g/mol. The normalized spacial score (nSPS) is 24.2. The van der Waals surface area contributed by atoms with Gasteiger partial charge in [0.2, 0.25) is 17.8 Å². The second-order valence-corrected chi connectivity index (χ2v) is 19.3. The topological polar surface area (TPSA) is 187 Å². The number of anilines is 4. The number of hydrogen-bond donors (Lipinski definition) is 3. The van der Waals surface area contributed by atoms with Gasteiger partial charge in [0, 0.05) is 69.3 Å². The maximum Gasteiger partial charge on any atom is 0.278 e. The second-order valence-electron chi connectivity index (χ2n) is 19.3. The Morgan fingerprint density at radius 2 is 1.58 bits per heavy atom. The van der Waals surface area contributed by atoms with Gasteiger partial charge in [0.1, 0.15) is 22.8 Å². The molecule has 3 saturated heterocycles. The summed E-state index contributed by atoms with van der Waals surface area (Å²) >= 11 is 0. The number of fused-ring (bicyclic) bond motifs is 7. The highest BCUT2D eigenvalue weighted by Gasteiger charge is 2.42. The Balaban J connectivity index is 0.675. The molecular weight excluding hydrogens is 837 g/mol. The number of pyridine rings is 2. The van der Waals surface area contributed by atoms with Crippen LogP contribution < -0.4 is 26.0 Å². The van der Waals surface area contributed by atoms with Crippen LogP contribution in [-0.4, -0.2) is 113 Å². The van der Waals surface area contributed by atoms with Gasteiger partial charge in [-0.05, 0) is 119 Å². The average Bonchev–Trinajstić information content (AvgIpc) is 3.80. The summed E-state index contributed by atoms with van der Waals surface area (Å²) < 4.78 is 3.33. The molecule has 11 rings (SSSR count). The van der Waals surface area contributed by atoms with Crippen molar-refractivity contribution in [1.82, 2.24) is 44.4 Å². The lowest BCUT2D eigenvalue weighted by molar-refractivity contribution is -0.136. The number of nitrogens with one attached hydrogen (secondary N) is 2. The third-order valence-electron chi connectivity index (χ3n) is 15.3.